The van der Waals surface area contributed by atoms with Gasteiger partial charge in [0, 0.05) is 0 Å². The zero-order valence-corrected chi connectivity index (χ0v) is 6.98. The number of rotatable bonds is 1. The molecule has 0 amide bonds. The van der Waals surface area contributed by atoms with E-state index in [9.17, 15) is 4.21 Å². The van der Waals surface area contributed by atoms with Crippen LogP contribution in [0.2, 0.25) is 0 Å². The molecule has 1 saturated heterocycles. The molecule has 0 radical (unpaired) electrons. The smallest absolute Gasteiger partial charge is 0.158 e. The molecule has 1 aliphatic rings. The summed E-state index contributed by atoms with van der Waals surface area (Å²) in [5.74, 6) is 0. The molecule has 60 valence electrons. The zero-order chi connectivity index (χ0) is 7.78. The molecule has 4 heteroatoms. The van der Waals surface area contributed by atoms with E-state index in [4.69, 9.17) is 9.29 Å². The summed E-state index contributed by atoms with van der Waals surface area (Å²) in [7, 11) is 0. The average molecular weight is 164 g/mol. The van der Waals surface area contributed by atoms with Gasteiger partial charge in [-0.3, -0.25) is 0 Å². The van der Waals surface area contributed by atoms with E-state index >= 15 is 0 Å². The van der Waals surface area contributed by atoms with Crippen LogP contribution in [0, 0.1) is 0 Å². The molecule has 2 atom stereocenters. The van der Waals surface area contributed by atoms with Crippen molar-refractivity contribution < 1.29 is 13.5 Å². The van der Waals surface area contributed by atoms with Crippen molar-refractivity contribution in [3.8, 4) is 0 Å². The minimum absolute atomic E-state index is 0.185. The summed E-state index contributed by atoms with van der Waals surface area (Å²) < 4.78 is 24.5. The number of ether oxygens (including phenoxy) is 1. The summed E-state index contributed by atoms with van der Waals surface area (Å²) in [6, 6.07) is 0. The highest BCUT2D eigenvalue weighted by Crippen LogP contribution is 2.26. The fourth-order valence-corrected chi connectivity index (χ4v) is 1.84. The van der Waals surface area contributed by atoms with Crippen LogP contribution in [0.5, 0.6) is 0 Å². The van der Waals surface area contributed by atoms with Crippen molar-refractivity contribution in [3.05, 3.63) is 0 Å². The maximum Gasteiger partial charge on any atom is 0.158 e. The Kier molecular flexibility index (Phi) is 2.12. The first-order valence-corrected chi connectivity index (χ1v) is 4.42. The highest BCUT2D eigenvalue weighted by Gasteiger charge is 2.34. The molecule has 1 fully saturated rings. The maximum atomic E-state index is 10.5. The third-order valence-electron chi connectivity index (χ3n) is 1.66. The third kappa shape index (κ3) is 1.78. The van der Waals surface area contributed by atoms with Gasteiger partial charge in [0.2, 0.25) is 0 Å². The molecule has 0 spiro atoms. The van der Waals surface area contributed by atoms with Gasteiger partial charge < -0.3 is 9.29 Å². The maximum absolute atomic E-state index is 10.5. The van der Waals surface area contributed by atoms with Crippen molar-refractivity contribution in [1.82, 2.24) is 0 Å². The van der Waals surface area contributed by atoms with Crippen LogP contribution in [0.3, 0.4) is 0 Å². The van der Waals surface area contributed by atoms with E-state index in [-0.39, 0.29) is 10.9 Å². The highest BCUT2D eigenvalue weighted by molar-refractivity contribution is 7.79. The van der Waals surface area contributed by atoms with Gasteiger partial charge in [0.25, 0.3) is 0 Å². The molecule has 0 aromatic carbocycles. The van der Waals surface area contributed by atoms with Crippen molar-refractivity contribution in [2.45, 2.75) is 31.1 Å². The standard InChI is InChI=1S/C6H12O3S/c1-6(2)3-5(4-9-6)10(7)8/h5H,3-4H2,1-2H3,(H,7,8). The van der Waals surface area contributed by atoms with Crippen molar-refractivity contribution >= 4 is 11.1 Å². The molecule has 1 N–H and O–H groups in total. The normalized spacial score (nSPS) is 34.1. The first-order chi connectivity index (χ1) is 4.51. The lowest BCUT2D eigenvalue weighted by Gasteiger charge is -2.14. The molecular weight excluding hydrogens is 152 g/mol. The Bertz CT molecular complexity index is 155. The lowest BCUT2D eigenvalue weighted by Crippen LogP contribution is -2.19. The Morgan fingerprint density at radius 1 is 1.70 bits per heavy atom. The van der Waals surface area contributed by atoms with Gasteiger partial charge in [-0.05, 0) is 20.3 Å². The van der Waals surface area contributed by atoms with Crippen LogP contribution in [0.4, 0.5) is 0 Å². The van der Waals surface area contributed by atoms with Crippen molar-refractivity contribution in [3.63, 3.8) is 0 Å². The second-order valence-electron chi connectivity index (χ2n) is 3.17. The molecule has 3 nitrogen and oxygen atoms in total. The van der Waals surface area contributed by atoms with Gasteiger partial charge in [-0.2, -0.15) is 0 Å². The summed E-state index contributed by atoms with van der Waals surface area (Å²) >= 11 is -1.71. The first-order valence-electron chi connectivity index (χ1n) is 3.25. The van der Waals surface area contributed by atoms with Gasteiger partial charge in [-0.25, -0.2) is 4.21 Å². The molecule has 0 aromatic rings. The van der Waals surface area contributed by atoms with Crippen molar-refractivity contribution in [2.24, 2.45) is 0 Å². The van der Waals surface area contributed by atoms with Crippen LogP contribution in [0.15, 0.2) is 0 Å². The largest absolute Gasteiger partial charge is 0.374 e. The molecule has 0 aliphatic carbocycles. The van der Waals surface area contributed by atoms with E-state index in [1.165, 1.54) is 0 Å². The van der Waals surface area contributed by atoms with E-state index in [1.54, 1.807) is 0 Å². The Morgan fingerprint density at radius 3 is 2.50 bits per heavy atom. The van der Waals surface area contributed by atoms with E-state index in [1.807, 2.05) is 13.8 Å². The molecule has 1 rings (SSSR count). The second kappa shape index (κ2) is 2.60. The van der Waals surface area contributed by atoms with E-state index in [2.05, 4.69) is 0 Å². The predicted octanol–water partition coefficient (Wildman–Crippen LogP) is 0.776. The summed E-state index contributed by atoms with van der Waals surface area (Å²) in [5.41, 5.74) is -0.205. The van der Waals surface area contributed by atoms with Gasteiger partial charge in [-0.15, -0.1) is 0 Å². The van der Waals surface area contributed by atoms with Crippen LogP contribution < -0.4 is 0 Å². The van der Waals surface area contributed by atoms with Crippen LogP contribution in [0.25, 0.3) is 0 Å². The Balaban J connectivity index is 2.51. The fourth-order valence-electron chi connectivity index (χ4n) is 1.11. The van der Waals surface area contributed by atoms with Crippen LogP contribution in [-0.4, -0.2) is 26.2 Å². The summed E-state index contributed by atoms with van der Waals surface area (Å²) in [5, 5.41) is -0.185. The molecular formula is C6H12O3S. The molecule has 1 heterocycles. The summed E-state index contributed by atoms with van der Waals surface area (Å²) in [4.78, 5) is 0. The average Bonchev–Trinajstić information content (AvgIpc) is 2.10. The zero-order valence-electron chi connectivity index (χ0n) is 6.16. The summed E-state index contributed by atoms with van der Waals surface area (Å²) in [6.07, 6.45) is 0.677. The van der Waals surface area contributed by atoms with Gasteiger partial charge in [0.1, 0.15) is 0 Å². The second-order valence-corrected chi connectivity index (χ2v) is 4.39. The van der Waals surface area contributed by atoms with Gasteiger partial charge in [-0.1, -0.05) is 0 Å². The molecule has 10 heavy (non-hydrogen) atoms. The molecule has 1 aliphatic heterocycles. The van der Waals surface area contributed by atoms with Gasteiger partial charge >= 0.3 is 0 Å². The number of hydrogen-bond acceptors (Lipinski definition) is 2. The first kappa shape index (κ1) is 8.17. The Hall–Kier alpha value is 0.0700. The molecule has 0 aromatic heterocycles. The lowest BCUT2D eigenvalue weighted by atomic mass is 10.1. The van der Waals surface area contributed by atoms with E-state index < -0.39 is 11.1 Å². The van der Waals surface area contributed by atoms with E-state index in [0.29, 0.717) is 13.0 Å². The quantitative estimate of drug-likeness (QED) is 0.582. The van der Waals surface area contributed by atoms with Crippen molar-refractivity contribution in [1.29, 1.82) is 0 Å². The monoisotopic (exact) mass is 164 g/mol. The highest BCUT2D eigenvalue weighted by atomic mass is 32.2. The predicted molar refractivity (Wildman–Crippen MR) is 39.2 cm³/mol. The Morgan fingerprint density at radius 2 is 2.30 bits per heavy atom. The van der Waals surface area contributed by atoms with Gasteiger partial charge in [0.15, 0.2) is 11.1 Å². The Labute approximate surface area is 63.0 Å². The number of hydrogen-bond donors (Lipinski definition) is 1. The van der Waals surface area contributed by atoms with Crippen LogP contribution in [-0.2, 0) is 15.8 Å². The van der Waals surface area contributed by atoms with Crippen molar-refractivity contribution in [2.75, 3.05) is 6.61 Å². The SMILES string of the molecule is CC1(C)CC(S(=O)O)CO1. The molecule has 0 saturated carbocycles. The van der Waals surface area contributed by atoms with E-state index in [0.717, 1.165) is 0 Å². The molecule has 2 unspecified atom stereocenters. The summed E-state index contributed by atoms with van der Waals surface area (Å²) in [6.45, 7) is 4.27. The third-order valence-corrected chi connectivity index (χ3v) is 2.54. The topological polar surface area (TPSA) is 46.5 Å². The lowest BCUT2D eigenvalue weighted by molar-refractivity contribution is 0.0368. The minimum atomic E-state index is -1.71. The fraction of sp³-hybridized carbons (Fsp3) is 1.00. The minimum Gasteiger partial charge on any atom is -0.374 e. The molecule has 0 bridgehead atoms. The van der Waals surface area contributed by atoms with Crippen LogP contribution in [0.1, 0.15) is 20.3 Å². The van der Waals surface area contributed by atoms with Crippen LogP contribution >= 0.6 is 0 Å². The van der Waals surface area contributed by atoms with Gasteiger partial charge in [0.05, 0.1) is 17.5 Å².